The molecule has 8 nitrogen and oxygen atoms in total. The van der Waals surface area contributed by atoms with E-state index in [2.05, 4.69) is 5.32 Å². The molecule has 1 heterocycles. The fraction of sp³-hybridized carbons (Fsp3) is 0.375. The molecule has 1 aromatic heterocycles. The molecular weight excluding hydrogens is 440 g/mol. The average Bonchev–Trinajstić information content (AvgIpc) is 2.77. The van der Waals surface area contributed by atoms with Crippen molar-refractivity contribution in [1.82, 2.24) is 14.9 Å². The number of carbonyl (C=O) groups is 1. The number of hydrogen-bond donors (Lipinski definition) is 1. The standard InChI is InChI=1S/C24H28N4O4S/c1-15(2)12-25-22(29)18-8-9-20-21(11-18)26-24(27(23(20)30)13-16(3)4)33-14-17-6-5-7-19(10-17)28(31)32/h5-11,15-16H,12-14H2,1-4H3,(H,25,29). The van der Waals surface area contributed by atoms with E-state index >= 15 is 0 Å². The molecule has 0 aliphatic carbocycles. The third kappa shape index (κ3) is 6.19. The summed E-state index contributed by atoms with van der Waals surface area (Å²) in [6, 6.07) is 11.4. The molecule has 0 unspecified atom stereocenters. The topological polar surface area (TPSA) is 107 Å². The van der Waals surface area contributed by atoms with Crippen LogP contribution in [0.2, 0.25) is 0 Å². The average molecular weight is 469 g/mol. The second-order valence-corrected chi connectivity index (χ2v) is 9.70. The lowest BCUT2D eigenvalue weighted by Gasteiger charge is -2.15. The summed E-state index contributed by atoms with van der Waals surface area (Å²) in [5.74, 6) is 0.768. The van der Waals surface area contributed by atoms with Gasteiger partial charge in [0.1, 0.15) is 0 Å². The van der Waals surface area contributed by atoms with E-state index in [0.29, 0.717) is 46.4 Å². The number of rotatable bonds is 9. The molecule has 0 bridgehead atoms. The Kier molecular flexibility index (Phi) is 7.86. The number of benzene rings is 2. The third-order valence-electron chi connectivity index (χ3n) is 4.89. The highest BCUT2D eigenvalue weighted by atomic mass is 32.2. The fourth-order valence-corrected chi connectivity index (χ4v) is 4.24. The molecule has 0 aliphatic rings. The predicted molar refractivity (Wildman–Crippen MR) is 131 cm³/mol. The van der Waals surface area contributed by atoms with Crippen LogP contribution in [0.4, 0.5) is 5.69 Å². The number of aromatic nitrogens is 2. The van der Waals surface area contributed by atoms with Crippen LogP contribution in [0.25, 0.3) is 10.9 Å². The number of nitrogens with one attached hydrogen (secondary N) is 1. The minimum atomic E-state index is -0.428. The Labute approximate surface area is 196 Å². The smallest absolute Gasteiger partial charge is 0.269 e. The normalized spacial score (nSPS) is 11.3. The van der Waals surface area contributed by atoms with E-state index in [9.17, 15) is 19.7 Å². The Morgan fingerprint density at radius 3 is 2.58 bits per heavy atom. The highest BCUT2D eigenvalue weighted by Crippen LogP contribution is 2.25. The summed E-state index contributed by atoms with van der Waals surface area (Å²) in [4.78, 5) is 41.1. The fourth-order valence-electron chi connectivity index (χ4n) is 3.28. The van der Waals surface area contributed by atoms with Gasteiger partial charge in [0.2, 0.25) is 0 Å². The molecule has 0 aliphatic heterocycles. The molecule has 1 amide bonds. The van der Waals surface area contributed by atoms with Gasteiger partial charge in [-0.1, -0.05) is 51.6 Å². The van der Waals surface area contributed by atoms with Crippen molar-refractivity contribution < 1.29 is 9.72 Å². The van der Waals surface area contributed by atoms with Gasteiger partial charge in [0.05, 0.1) is 15.8 Å². The summed E-state index contributed by atoms with van der Waals surface area (Å²) in [5.41, 5.74) is 1.53. The van der Waals surface area contributed by atoms with E-state index in [1.54, 1.807) is 28.8 Å². The minimum Gasteiger partial charge on any atom is -0.352 e. The Bertz CT molecular complexity index is 1240. The Morgan fingerprint density at radius 1 is 1.15 bits per heavy atom. The number of amides is 1. The number of non-ortho nitro benzene ring substituents is 1. The zero-order valence-electron chi connectivity index (χ0n) is 19.2. The maximum Gasteiger partial charge on any atom is 0.269 e. The number of thioether (sulfide) groups is 1. The summed E-state index contributed by atoms with van der Waals surface area (Å²) < 4.78 is 1.65. The minimum absolute atomic E-state index is 0.0243. The number of carbonyl (C=O) groups excluding carboxylic acids is 1. The molecule has 0 spiro atoms. The molecule has 0 saturated carbocycles. The first-order valence-electron chi connectivity index (χ1n) is 10.8. The van der Waals surface area contributed by atoms with Crippen molar-refractivity contribution in [2.24, 2.45) is 11.8 Å². The zero-order chi connectivity index (χ0) is 24.1. The molecule has 33 heavy (non-hydrogen) atoms. The highest BCUT2D eigenvalue weighted by molar-refractivity contribution is 7.98. The van der Waals surface area contributed by atoms with Gasteiger partial charge in [-0.2, -0.15) is 0 Å². The Morgan fingerprint density at radius 2 is 1.91 bits per heavy atom. The molecule has 2 aromatic carbocycles. The van der Waals surface area contributed by atoms with Crippen LogP contribution in [0, 0.1) is 22.0 Å². The van der Waals surface area contributed by atoms with E-state index in [1.165, 1.54) is 23.9 Å². The molecule has 0 radical (unpaired) electrons. The van der Waals surface area contributed by atoms with Gasteiger partial charge in [0.25, 0.3) is 17.2 Å². The zero-order valence-corrected chi connectivity index (χ0v) is 20.0. The van der Waals surface area contributed by atoms with E-state index < -0.39 is 4.92 Å². The van der Waals surface area contributed by atoms with Crippen LogP contribution in [0.3, 0.4) is 0 Å². The quantitative estimate of drug-likeness (QED) is 0.212. The Balaban J connectivity index is 1.98. The molecule has 3 rings (SSSR count). The second kappa shape index (κ2) is 10.6. The van der Waals surface area contributed by atoms with E-state index in [4.69, 9.17) is 4.98 Å². The predicted octanol–water partition coefficient (Wildman–Crippen LogP) is 4.64. The van der Waals surface area contributed by atoms with Crippen molar-refractivity contribution in [3.05, 3.63) is 74.1 Å². The van der Waals surface area contributed by atoms with Gasteiger partial charge >= 0.3 is 0 Å². The van der Waals surface area contributed by atoms with Gasteiger partial charge in [0, 0.05) is 36.5 Å². The molecule has 3 aromatic rings. The maximum absolute atomic E-state index is 13.3. The molecule has 0 atom stereocenters. The summed E-state index contributed by atoms with van der Waals surface area (Å²) >= 11 is 1.35. The van der Waals surface area contributed by atoms with Crippen molar-refractivity contribution >= 4 is 34.3 Å². The van der Waals surface area contributed by atoms with Crippen LogP contribution in [-0.4, -0.2) is 26.9 Å². The summed E-state index contributed by atoms with van der Waals surface area (Å²) in [6.45, 7) is 9.14. The molecular formula is C24H28N4O4S. The number of nitro benzene ring substituents is 1. The number of hydrogen-bond acceptors (Lipinski definition) is 6. The van der Waals surface area contributed by atoms with Crippen LogP contribution in [0.1, 0.15) is 43.6 Å². The van der Waals surface area contributed by atoms with E-state index in [1.807, 2.05) is 33.8 Å². The lowest BCUT2D eigenvalue weighted by atomic mass is 10.1. The first-order valence-corrected chi connectivity index (χ1v) is 11.8. The van der Waals surface area contributed by atoms with Crippen molar-refractivity contribution in [1.29, 1.82) is 0 Å². The second-order valence-electron chi connectivity index (χ2n) is 8.76. The number of fused-ring (bicyclic) bond motifs is 1. The largest absolute Gasteiger partial charge is 0.352 e. The summed E-state index contributed by atoms with van der Waals surface area (Å²) in [6.07, 6.45) is 0. The van der Waals surface area contributed by atoms with Gasteiger partial charge in [-0.3, -0.25) is 24.3 Å². The van der Waals surface area contributed by atoms with Crippen LogP contribution in [0.5, 0.6) is 0 Å². The van der Waals surface area contributed by atoms with Crippen LogP contribution >= 0.6 is 11.8 Å². The van der Waals surface area contributed by atoms with Crippen molar-refractivity contribution in [2.45, 2.75) is 45.1 Å². The van der Waals surface area contributed by atoms with Crippen LogP contribution < -0.4 is 10.9 Å². The molecule has 0 fully saturated rings. The monoisotopic (exact) mass is 468 g/mol. The van der Waals surface area contributed by atoms with Crippen molar-refractivity contribution in [3.8, 4) is 0 Å². The van der Waals surface area contributed by atoms with Crippen LogP contribution in [-0.2, 0) is 12.3 Å². The van der Waals surface area contributed by atoms with Crippen LogP contribution in [0.15, 0.2) is 52.4 Å². The summed E-state index contributed by atoms with van der Waals surface area (Å²) in [7, 11) is 0. The van der Waals surface area contributed by atoms with Crippen molar-refractivity contribution in [3.63, 3.8) is 0 Å². The van der Waals surface area contributed by atoms with Gasteiger partial charge < -0.3 is 5.32 Å². The first-order chi connectivity index (χ1) is 15.7. The van der Waals surface area contributed by atoms with Crippen molar-refractivity contribution in [2.75, 3.05) is 6.54 Å². The first kappa shape index (κ1) is 24.4. The SMILES string of the molecule is CC(C)CNC(=O)c1ccc2c(=O)n(CC(C)C)c(SCc3cccc([N+](=O)[O-])c3)nc2c1. The Hall–Kier alpha value is -3.20. The highest BCUT2D eigenvalue weighted by Gasteiger charge is 2.16. The number of nitro groups is 1. The third-order valence-corrected chi connectivity index (χ3v) is 5.94. The maximum atomic E-state index is 13.3. The van der Waals surface area contributed by atoms with E-state index in [-0.39, 0.29) is 23.1 Å². The van der Waals surface area contributed by atoms with Gasteiger partial charge in [-0.05, 0) is 35.6 Å². The van der Waals surface area contributed by atoms with E-state index in [0.717, 1.165) is 5.56 Å². The molecule has 174 valence electrons. The lowest BCUT2D eigenvalue weighted by Crippen LogP contribution is -2.28. The molecule has 9 heteroatoms. The van der Waals surface area contributed by atoms with Gasteiger partial charge in [-0.25, -0.2) is 4.98 Å². The molecule has 1 N–H and O–H groups in total. The van der Waals surface area contributed by atoms with Gasteiger partial charge in [-0.15, -0.1) is 0 Å². The lowest BCUT2D eigenvalue weighted by molar-refractivity contribution is -0.384. The number of nitrogens with zero attached hydrogens (tertiary/aromatic N) is 3. The molecule has 0 saturated heterocycles. The summed E-state index contributed by atoms with van der Waals surface area (Å²) in [5, 5.41) is 14.9. The van der Waals surface area contributed by atoms with Gasteiger partial charge in [0.15, 0.2) is 5.16 Å².